The van der Waals surface area contributed by atoms with Crippen LogP contribution in [0.4, 0.5) is 0 Å². The van der Waals surface area contributed by atoms with Crippen LogP contribution in [-0.2, 0) is 32.7 Å². The lowest BCUT2D eigenvalue weighted by Gasteiger charge is -2.18. The molecule has 0 aliphatic heterocycles. The van der Waals surface area contributed by atoms with Crippen LogP contribution in [0.3, 0.4) is 0 Å². The third-order valence-electron chi connectivity index (χ3n) is 7.69. The number of allylic oxidation sites excluding steroid dienone is 6. The summed E-state index contributed by atoms with van der Waals surface area (Å²) in [4.78, 5) is 45.6. The Morgan fingerprint density at radius 3 is 1.78 bits per heavy atom. The van der Waals surface area contributed by atoms with E-state index < -0.39 is 57.6 Å². The zero-order valence-electron chi connectivity index (χ0n) is 30.2. The van der Waals surface area contributed by atoms with E-state index in [2.05, 4.69) is 55.6 Å². The average molecular weight is 716 g/mol. The Balaban J connectivity index is 4.02. The Bertz CT molecular complexity index is 984. The van der Waals surface area contributed by atoms with E-state index in [1.165, 1.54) is 51.4 Å². The average Bonchev–Trinajstić information content (AvgIpc) is 3.07. The van der Waals surface area contributed by atoms with Crippen LogP contribution in [0, 0.1) is 0 Å². The fourth-order valence-electron chi connectivity index (χ4n) is 4.80. The molecule has 0 aromatic carbocycles. The number of unbranched alkanes of at least 4 members (excludes halogenated alkanes) is 14. The first-order valence-electron chi connectivity index (χ1n) is 18.5. The van der Waals surface area contributed by atoms with Crippen molar-refractivity contribution in [1.29, 1.82) is 0 Å². The van der Waals surface area contributed by atoms with Gasteiger partial charge in [0.25, 0.3) is 0 Å². The van der Waals surface area contributed by atoms with Gasteiger partial charge in [-0.05, 0) is 44.9 Å². The molecule has 0 aromatic heterocycles. The minimum Gasteiger partial charge on any atom is -0.480 e. The number of hydrogen-bond acceptors (Lipinski definition) is 8. The van der Waals surface area contributed by atoms with E-state index in [1.807, 2.05) is 0 Å². The van der Waals surface area contributed by atoms with Crippen molar-refractivity contribution in [2.24, 2.45) is 0 Å². The number of aliphatic hydroxyl groups is 1. The molecule has 284 valence electrons. The van der Waals surface area contributed by atoms with E-state index >= 15 is 0 Å². The largest absolute Gasteiger partial charge is 0.480 e. The fourth-order valence-corrected chi connectivity index (χ4v) is 5.57. The summed E-state index contributed by atoms with van der Waals surface area (Å²) < 4.78 is 26.7. The number of nitrogens with one attached hydrogen (secondary N) is 1. The maximum Gasteiger partial charge on any atom is 0.472 e. The maximum atomic E-state index is 12.2. The minimum atomic E-state index is -4.75. The van der Waals surface area contributed by atoms with Crippen molar-refractivity contribution in [3.05, 3.63) is 36.5 Å². The molecule has 49 heavy (non-hydrogen) atoms. The second-order valence-corrected chi connectivity index (χ2v) is 13.8. The highest BCUT2D eigenvalue weighted by molar-refractivity contribution is 7.47. The zero-order chi connectivity index (χ0) is 36.4. The lowest BCUT2D eigenvalue weighted by atomic mass is 10.0. The van der Waals surface area contributed by atoms with E-state index in [-0.39, 0.29) is 12.8 Å². The number of phosphoric acid groups is 1. The Morgan fingerprint density at radius 1 is 0.673 bits per heavy atom. The van der Waals surface area contributed by atoms with Crippen LogP contribution >= 0.6 is 7.82 Å². The van der Waals surface area contributed by atoms with Gasteiger partial charge in [-0.2, -0.15) is 0 Å². The molecule has 3 unspecified atom stereocenters. The molecule has 1 amide bonds. The number of amides is 1. The first-order valence-corrected chi connectivity index (χ1v) is 20.0. The lowest BCUT2D eigenvalue weighted by molar-refractivity contribution is -0.147. The fraction of sp³-hybridized carbons (Fsp3) is 0.757. The smallest absolute Gasteiger partial charge is 0.472 e. The predicted molar refractivity (Wildman–Crippen MR) is 194 cm³/mol. The van der Waals surface area contributed by atoms with Crippen molar-refractivity contribution >= 4 is 25.7 Å². The van der Waals surface area contributed by atoms with Gasteiger partial charge in [0.05, 0.1) is 13.2 Å². The van der Waals surface area contributed by atoms with Gasteiger partial charge in [0.2, 0.25) is 5.91 Å². The third-order valence-corrected chi connectivity index (χ3v) is 8.64. The van der Waals surface area contributed by atoms with Gasteiger partial charge in [-0.1, -0.05) is 127 Å². The Morgan fingerprint density at radius 2 is 1.18 bits per heavy atom. The summed E-state index contributed by atoms with van der Waals surface area (Å²) in [6.07, 6.45) is 31.8. The van der Waals surface area contributed by atoms with Crippen LogP contribution in [0.2, 0.25) is 0 Å². The Hall–Kier alpha value is -2.30. The van der Waals surface area contributed by atoms with Crippen LogP contribution in [0.5, 0.6) is 0 Å². The molecule has 0 aromatic rings. The van der Waals surface area contributed by atoms with Crippen LogP contribution in [-0.4, -0.2) is 64.9 Å². The molecular formula is C37H66NO10P. The number of carboxylic acid groups (broad SMARTS) is 1. The number of aliphatic carboxylic acids is 1. The molecule has 4 N–H and O–H groups in total. The molecule has 0 aliphatic rings. The molecule has 11 nitrogen and oxygen atoms in total. The quantitative estimate of drug-likeness (QED) is 0.0219. The summed E-state index contributed by atoms with van der Waals surface area (Å²) in [5.41, 5.74) is 0. The highest BCUT2D eigenvalue weighted by atomic mass is 31.2. The number of aliphatic hydroxyl groups excluding tert-OH is 1. The summed E-state index contributed by atoms with van der Waals surface area (Å²) in [7, 11) is -4.75. The van der Waals surface area contributed by atoms with Crippen LogP contribution in [0.1, 0.15) is 149 Å². The molecule has 3 atom stereocenters. The number of ether oxygens (including phenoxy) is 1. The van der Waals surface area contributed by atoms with Crippen molar-refractivity contribution in [2.45, 2.75) is 161 Å². The first kappa shape index (κ1) is 46.7. The molecular weight excluding hydrogens is 649 g/mol. The van der Waals surface area contributed by atoms with Gasteiger partial charge in [-0.3, -0.25) is 18.6 Å². The number of rotatable bonds is 34. The van der Waals surface area contributed by atoms with Crippen molar-refractivity contribution in [1.82, 2.24) is 5.32 Å². The Labute approximate surface area is 295 Å². The summed E-state index contributed by atoms with van der Waals surface area (Å²) in [5.74, 6) is -2.41. The summed E-state index contributed by atoms with van der Waals surface area (Å²) in [6, 6.07) is -1.55. The van der Waals surface area contributed by atoms with E-state index in [1.54, 1.807) is 0 Å². The van der Waals surface area contributed by atoms with Crippen molar-refractivity contribution in [2.75, 3.05) is 19.8 Å². The number of hydrogen-bond donors (Lipinski definition) is 4. The van der Waals surface area contributed by atoms with Gasteiger partial charge in [-0.25, -0.2) is 9.36 Å². The maximum absolute atomic E-state index is 12.2. The summed E-state index contributed by atoms with van der Waals surface area (Å²) >= 11 is 0. The zero-order valence-corrected chi connectivity index (χ0v) is 31.1. The third kappa shape index (κ3) is 32.7. The van der Waals surface area contributed by atoms with Gasteiger partial charge < -0.3 is 25.2 Å². The molecule has 0 radical (unpaired) electrons. The molecule has 0 aliphatic carbocycles. The standard InChI is InChI=1S/C37H66NO10P/c1-3-5-7-9-11-13-15-17-19-21-23-25-27-29-36(41)46-30-33(39)31-47-49(44,45)48-32-34(37(42)43)38-35(40)28-26-24-22-20-18-16-14-12-10-8-6-4-2/h5,7,11,13,17,19,33-34,39H,3-4,6,8-10,12,14-16,18,20-32H2,1-2H3,(H,38,40)(H,42,43)(H,44,45)/b7-5-,13-11-,19-17-. The second kappa shape index (κ2) is 32.9. The monoisotopic (exact) mass is 715 g/mol. The molecule has 0 saturated carbocycles. The van der Waals surface area contributed by atoms with Gasteiger partial charge in [0.1, 0.15) is 12.7 Å². The van der Waals surface area contributed by atoms with Gasteiger partial charge in [0, 0.05) is 12.8 Å². The molecule has 0 saturated heterocycles. The molecule has 0 rings (SSSR count). The SMILES string of the molecule is CC/C=C\C/C=C\C/C=C\CCCCCC(=O)OCC(O)COP(=O)(O)OCC(NC(=O)CCCCCCCCCCCCCC)C(=O)O. The summed E-state index contributed by atoms with van der Waals surface area (Å²) in [6.45, 7) is 2.41. The highest BCUT2D eigenvalue weighted by Gasteiger charge is 2.28. The number of carboxylic acids is 1. The Kier molecular flexibility index (Phi) is 31.3. The predicted octanol–water partition coefficient (Wildman–Crippen LogP) is 8.49. The number of carbonyl (C=O) groups excluding carboxylic acids is 2. The van der Waals surface area contributed by atoms with Crippen molar-refractivity contribution in [3.8, 4) is 0 Å². The van der Waals surface area contributed by atoms with Gasteiger partial charge >= 0.3 is 19.8 Å². The van der Waals surface area contributed by atoms with Gasteiger partial charge in [-0.15, -0.1) is 0 Å². The summed E-state index contributed by atoms with van der Waals surface area (Å²) in [5, 5.41) is 21.7. The van der Waals surface area contributed by atoms with Gasteiger partial charge in [0.15, 0.2) is 6.04 Å². The molecule has 0 spiro atoms. The van der Waals surface area contributed by atoms with Crippen LogP contribution in [0.25, 0.3) is 0 Å². The van der Waals surface area contributed by atoms with E-state index in [4.69, 9.17) is 13.8 Å². The second-order valence-electron chi connectivity index (χ2n) is 12.4. The van der Waals surface area contributed by atoms with E-state index in [9.17, 15) is 34.1 Å². The molecule has 0 heterocycles. The molecule has 0 bridgehead atoms. The van der Waals surface area contributed by atoms with Crippen molar-refractivity contribution < 1.29 is 47.8 Å². The normalized spacial score (nSPS) is 14.4. The number of phosphoric ester groups is 1. The van der Waals surface area contributed by atoms with Crippen molar-refractivity contribution in [3.63, 3.8) is 0 Å². The lowest BCUT2D eigenvalue weighted by Crippen LogP contribution is -2.43. The van der Waals surface area contributed by atoms with Crippen LogP contribution < -0.4 is 5.32 Å². The highest BCUT2D eigenvalue weighted by Crippen LogP contribution is 2.43. The molecule has 0 fully saturated rings. The first-order chi connectivity index (χ1) is 23.6. The van der Waals surface area contributed by atoms with E-state index in [0.717, 1.165) is 57.8 Å². The number of esters is 1. The van der Waals surface area contributed by atoms with Crippen LogP contribution in [0.15, 0.2) is 36.5 Å². The number of carbonyl (C=O) groups is 3. The molecule has 12 heteroatoms. The topological polar surface area (TPSA) is 169 Å². The van der Waals surface area contributed by atoms with E-state index in [0.29, 0.717) is 12.8 Å². The minimum absolute atomic E-state index is 0.145.